The highest BCUT2D eigenvalue weighted by Crippen LogP contribution is 2.34. The van der Waals surface area contributed by atoms with Gasteiger partial charge in [-0.05, 0) is 18.8 Å². The Bertz CT molecular complexity index is 166. The SMILES string of the molecule is CCCCCCCCCCC(CC1CC1)NN. The van der Waals surface area contributed by atoms with Gasteiger partial charge in [0.2, 0.25) is 0 Å². The highest BCUT2D eigenvalue weighted by atomic mass is 15.2. The van der Waals surface area contributed by atoms with Crippen molar-refractivity contribution in [2.24, 2.45) is 11.8 Å². The zero-order chi connectivity index (χ0) is 12.3. The summed E-state index contributed by atoms with van der Waals surface area (Å²) >= 11 is 0. The van der Waals surface area contributed by atoms with Gasteiger partial charge in [0.15, 0.2) is 0 Å². The Kier molecular flexibility index (Phi) is 8.72. The van der Waals surface area contributed by atoms with Crippen molar-refractivity contribution in [1.29, 1.82) is 0 Å². The Morgan fingerprint density at radius 1 is 1.00 bits per heavy atom. The standard InChI is InChI=1S/C15H32N2/c1-2-3-4-5-6-7-8-9-10-15(17-16)13-14-11-12-14/h14-15,17H,2-13,16H2,1H3. The number of nitrogens with two attached hydrogens (primary N) is 1. The molecule has 102 valence electrons. The maximum Gasteiger partial charge on any atom is 0.0213 e. The molecule has 0 aliphatic heterocycles. The fourth-order valence-corrected chi connectivity index (χ4v) is 2.55. The highest BCUT2D eigenvalue weighted by Gasteiger charge is 2.24. The first-order valence-corrected chi connectivity index (χ1v) is 7.83. The lowest BCUT2D eigenvalue weighted by molar-refractivity contribution is 0.420. The molecule has 0 radical (unpaired) electrons. The molecule has 0 spiro atoms. The third-order valence-corrected chi connectivity index (χ3v) is 3.96. The van der Waals surface area contributed by atoms with E-state index in [0.717, 1.165) is 5.92 Å². The summed E-state index contributed by atoms with van der Waals surface area (Å²) < 4.78 is 0. The lowest BCUT2D eigenvalue weighted by atomic mass is 10.0. The van der Waals surface area contributed by atoms with Gasteiger partial charge in [0.25, 0.3) is 0 Å². The summed E-state index contributed by atoms with van der Waals surface area (Å²) in [6.45, 7) is 2.28. The number of hydrazine groups is 1. The van der Waals surface area contributed by atoms with Crippen molar-refractivity contribution in [3.05, 3.63) is 0 Å². The zero-order valence-electron chi connectivity index (χ0n) is 11.7. The molecule has 0 aromatic heterocycles. The van der Waals surface area contributed by atoms with Crippen molar-refractivity contribution in [3.63, 3.8) is 0 Å². The Balaban J connectivity index is 1.81. The van der Waals surface area contributed by atoms with Crippen LogP contribution in [0.2, 0.25) is 0 Å². The van der Waals surface area contributed by atoms with Crippen LogP contribution in [0.5, 0.6) is 0 Å². The summed E-state index contributed by atoms with van der Waals surface area (Å²) in [5.41, 5.74) is 2.99. The first kappa shape index (κ1) is 15.0. The van der Waals surface area contributed by atoms with Gasteiger partial charge in [0, 0.05) is 6.04 Å². The van der Waals surface area contributed by atoms with Crippen LogP contribution in [0.3, 0.4) is 0 Å². The van der Waals surface area contributed by atoms with E-state index in [2.05, 4.69) is 12.3 Å². The molecule has 1 rings (SSSR count). The van der Waals surface area contributed by atoms with Crippen LogP contribution in [0, 0.1) is 5.92 Å². The van der Waals surface area contributed by atoms with Crippen LogP contribution in [0.25, 0.3) is 0 Å². The van der Waals surface area contributed by atoms with Gasteiger partial charge in [-0.3, -0.25) is 11.3 Å². The molecule has 0 heterocycles. The molecule has 0 bridgehead atoms. The summed E-state index contributed by atoms with van der Waals surface area (Å²) in [7, 11) is 0. The van der Waals surface area contributed by atoms with Crippen LogP contribution in [0.1, 0.15) is 84.0 Å². The molecule has 1 saturated carbocycles. The van der Waals surface area contributed by atoms with E-state index in [1.807, 2.05) is 0 Å². The molecule has 1 atom stereocenters. The van der Waals surface area contributed by atoms with Gasteiger partial charge in [0.1, 0.15) is 0 Å². The van der Waals surface area contributed by atoms with Gasteiger partial charge in [0.05, 0.1) is 0 Å². The van der Waals surface area contributed by atoms with Gasteiger partial charge in [-0.15, -0.1) is 0 Å². The van der Waals surface area contributed by atoms with E-state index in [4.69, 9.17) is 5.84 Å². The van der Waals surface area contributed by atoms with Crippen LogP contribution in [0.4, 0.5) is 0 Å². The number of nitrogens with one attached hydrogen (secondary N) is 1. The van der Waals surface area contributed by atoms with Gasteiger partial charge in [-0.2, -0.15) is 0 Å². The Hall–Kier alpha value is -0.0800. The topological polar surface area (TPSA) is 38.0 Å². The van der Waals surface area contributed by atoms with E-state index in [1.165, 1.54) is 77.0 Å². The Labute approximate surface area is 108 Å². The van der Waals surface area contributed by atoms with Crippen LogP contribution in [-0.2, 0) is 0 Å². The van der Waals surface area contributed by atoms with Crippen LogP contribution in [0.15, 0.2) is 0 Å². The molecule has 17 heavy (non-hydrogen) atoms. The second kappa shape index (κ2) is 9.90. The largest absolute Gasteiger partial charge is 0.271 e. The van der Waals surface area contributed by atoms with Crippen molar-refractivity contribution < 1.29 is 0 Å². The maximum absolute atomic E-state index is 5.59. The van der Waals surface area contributed by atoms with E-state index in [1.54, 1.807) is 0 Å². The van der Waals surface area contributed by atoms with E-state index in [0.29, 0.717) is 6.04 Å². The Morgan fingerprint density at radius 3 is 2.12 bits per heavy atom. The molecular weight excluding hydrogens is 208 g/mol. The van der Waals surface area contributed by atoms with E-state index in [9.17, 15) is 0 Å². The minimum absolute atomic E-state index is 0.586. The van der Waals surface area contributed by atoms with E-state index >= 15 is 0 Å². The normalized spacial score (nSPS) is 17.3. The molecule has 0 aromatic rings. The second-order valence-corrected chi connectivity index (χ2v) is 5.81. The molecule has 1 aliphatic rings. The molecule has 1 aliphatic carbocycles. The molecule has 0 saturated heterocycles. The fourth-order valence-electron chi connectivity index (χ4n) is 2.55. The number of hydrogen-bond acceptors (Lipinski definition) is 2. The molecule has 2 nitrogen and oxygen atoms in total. The summed E-state index contributed by atoms with van der Waals surface area (Å²) in [4.78, 5) is 0. The third kappa shape index (κ3) is 8.62. The monoisotopic (exact) mass is 240 g/mol. The molecule has 3 N–H and O–H groups in total. The third-order valence-electron chi connectivity index (χ3n) is 3.96. The van der Waals surface area contributed by atoms with Gasteiger partial charge >= 0.3 is 0 Å². The average molecular weight is 240 g/mol. The van der Waals surface area contributed by atoms with Crippen molar-refractivity contribution >= 4 is 0 Å². The molecule has 0 amide bonds. The van der Waals surface area contributed by atoms with E-state index in [-0.39, 0.29) is 0 Å². The average Bonchev–Trinajstić information content (AvgIpc) is 3.15. The highest BCUT2D eigenvalue weighted by molar-refractivity contribution is 4.79. The Morgan fingerprint density at radius 2 is 1.59 bits per heavy atom. The predicted molar refractivity (Wildman–Crippen MR) is 75.7 cm³/mol. The summed E-state index contributed by atoms with van der Waals surface area (Å²) in [5.74, 6) is 6.59. The lowest BCUT2D eigenvalue weighted by Gasteiger charge is -2.14. The minimum atomic E-state index is 0.586. The first-order valence-electron chi connectivity index (χ1n) is 7.83. The summed E-state index contributed by atoms with van der Waals surface area (Å²) in [6, 6.07) is 0.586. The fraction of sp³-hybridized carbons (Fsp3) is 1.00. The van der Waals surface area contributed by atoms with Crippen LogP contribution in [-0.4, -0.2) is 6.04 Å². The molecular formula is C15H32N2. The van der Waals surface area contributed by atoms with Gasteiger partial charge < -0.3 is 0 Å². The molecule has 1 fully saturated rings. The second-order valence-electron chi connectivity index (χ2n) is 5.81. The summed E-state index contributed by atoms with van der Waals surface area (Å²) in [6.07, 6.45) is 16.7. The van der Waals surface area contributed by atoms with Crippen molar-refractivity contribution in [2.75, 3.05) is 0 Å². The quantitative estimate of drug-likeness (QED) is 0.305. The van der Waals surface area contributed by atoms with Gasteiger partial charge in [-0.1, -0.05) is 71.1 Å². The lowest BCUT2D eigenvalue weighted by Crippen LogP contribution is -2.35. The van der Waals surface area contributed by atoms with Crippen LogP contribution < -0.4 is 11.3 Å². The number of unbranched alkanes of at least 4 members (excludes halogenated alkanes) is 7. The summed E-state index contributed by atoms with van der Waals surface area (Å²) in [5, 5.41) is 0. The number of rotatable bonds is 12. The molecule has 0 aromatic carbocycles. The zero-order valence-corrected chi connectivity index (χ0v) is 11.7. The van der Waals surface area contributed by atoms with Crippen molar-refractivity contribution in [3.8, 4) is 0 Å². The smallest absolute Gasteiger partial charge is 0.0213 e. The molecule has 1 unspecified atom stereocenters. The van der Waals surface area contributed by atoms with Crippen molar-refractivity contribution in [2.45, 2.75) is 90.0 Å². The minimum Gasteiger partial charge on any atom is -0.271 e. The number of hydrogen-bond donors (Lipinski definition) is 2. The predicted octanol–water partition coefficient (Wildman–Crippen LogP) is 4.15. The van der Waals surface area contributed by atoms with Crippen molar-refractivity contribution in [1.82, 2.24) is 5.43 Å². The van der Waals surface area contributed by atoms with Crippen LogP contribution >= 0.6 is 0 Å². The van der Waals surface area contributed by atoms with Gasteiger partial charge in [-0.25, -0.2) is 0 Å². The van der Waals surface area contributed by atoms with E-state index < -0.39 is 0 Å². The molecule has 2 heteroatoms. The maximum atomic E-state index is 5.59. The first-order chi connectivity index (χ1) is 8.36.